The molecule has 7 heteroatoms. The van der Waals surface area contributed by atoms with Gasteiger partial charge in [-0.15, -0.1) is 0 Å². The predicted octanol–water partition coefficient (Wildman–Crippen LogP) is 1.65. The quantitative estimate of drug-likeness (QED) is 0.796. The van der Waals surface area contributed by atoms with Crippen LogP contribution < -0.4 is 11.1 Å². The molecule has 3 N–H and O–H groups in total. The van der Waals surface area contributed by atoms with Crippen LogP contribution in [0.5, 0.6) is 0 Å². The number of thiazole rings is 1. The highest BCUT2D eigenvalue weighted by atomic mass is 32.1. The topological polar surface area (TPSA) is 80.5 Å². The van der Waals surface area contributed by atoms with Crippen molar-refractivity contribution in [2.24, 2.45) is 0 Å². The number of nitrogens with zero attached hydrogens (tertiary/aromatic N) is 2. The molecule has 0 bridgehead atoms. The molecular weight excluding hydrogens is 264 g/mol. The van der Waals surface area contributed by atoms with Crippen LogP contribution in [0.2, 0.25) is 0 Å². The first-order valence-corrected chi connectivity index (χ1v) is 7.12. The number of hydrogen-bond acceptors (Lipinski definition) is 6. The smallest absolute Gasteiger partial charge is 0.267 e. The van der Waals surface area contributed by atoms with Crippen molar-refractivity contribution in [1.82, 2.24) is 9.88 Å². The van der Waals surface area contributed by atoms with Gasteiger partial charge in [0.05, 0.1) is 6.61 Å². The van der Waals surface area contributed by atoms with E-state index in [4.69, 9.17) is 10.5 Å². The van der Waals surface area contributed by atoms with E-state index < -0.39 is 0 Å². The molecule has 0 aromatic carbocycles. The van der Waals surface area contributed by atoms with Gasteiger partial charge in [-0.05, 0) is 20.8 Å². The predicted molar refractivity (Wildman–Crippen MR) is 78.7 cm³/mol. The van der Waals surface area contributed by atoms with Crippen LogP contribution in [0.1, 0.15) is 30.4 Å². The molecule has 0 saturated heterocycles. The van der Waals surface area contributed by atoms with Crippen molar-refractivity contribution >= 4 is 28.2 Å². The number of nitrogens with two attached hydrogens (primary N) is 1. The monoisotopic (exact) mass is 286 g/mol. The second-order valence-electron chi connectivity index (χ2n) is 4.41. The Balaban J connectivity index is 2.82. The van der Waals surface area contributed by atoms with Gasteiger partial charge in [-0.2, -0.15) is 0 Å². The lowest BCUT2D eigenvalue weighted by Crippen LogP contribution is -2.33. The third-order valence-electron chi connectivity index (χ3n) is 2.49. The molecule has 0 saturated carbocycles. The third kappa shape index (κ3) is 4.36. The number of anilines is 2. The van der Waals surface area contributed by atoms with Crippen molar-refractivity contribution in [2.45, 2.75) is 26.8 Å². The van der Waals surface area contributed by atoms with E-state index in [2.05, 4.69) is 10.3 Å². The lowest BCUT2D eigenvalue weighted by atomic mass is 10.4. The second-order valence-corrected chi connectivity index (χ2v) is 5.41. The normalized spacial score (nSPS) is 10.8. The fraction of sp³-hybridized carbons (Fsp3) is 0.667. The van der Waals surface area contributed by atoms with E-state index in [9.17, 15) is 4.79 Å². The molecule has 0 spiro atoms. The number of carbonyl (C=O) groups is 1. The summed E-state index contributed by atoms with van der Waals surface area (Å²) < 4.78 is 5.00. The van der Waals surface area contributed by atoms with Crippen molar-refractivity contribution in [1.29, 1.82) is 0 Å². The maximum atomic E-state index is 12.3. The van der Waals surface area contributed by atoms with Crippen LogP contribution >= 0.6 is 11.3 Å². The van der Waals surface area contributed by atoms with Crippen LogP contribution in [0.4, 0.5) is 10.9 Å². The highest BCUT2D eigenvalue weighted by molar-refractivity contribution is 7.18. The van der Waals surface area contributed by atoms with E-state index in [1.165, 1.54) is 11.3 Å². The number of rotatable bonds is 7. The number of ether oxygens (including phenoxy) is 1. The minimum atomic E-state index is -0.0913. The molecular formula is C12H22N4O2S. The van der Waals surface area contributed by atoms with Crippen molar-refractivity contribution in [3.8, 4) is 0 Å². The molecule has 1 heterocycles. The van der Waals surface area contributed by atoms with Gasteiger partial charge in [0.25, 0.3) is 5.91 Å². The first kappa shape index (κ1) is 15.7. The van der Waals surface area contributed by atoms with Crippen molar-refractivity contribution < 1.29 is 9.53 Å². The first-order valence-electron chi connectivity index (χ1n) is 6.30. The fourth-order valence-electron chi connectivity index (χ4n) is 1.54. The van der Waals surface area contributed by atoms with Gasteiger partial charge >= 0.3 is 0 Å². The SMILES string of the molecule is CCN(CCOC)C(=O)c1sc(NC(C)C)nc1N. The zero-order chi connectivity index (χ0) is 14.4. The Kier molecular flexibility index (Phi) is 6.04. The number of nitrogen functional groups attached to an aromatic ring is 1. The molecule has 1 rings (SSSR count). The Morgan fingerprint density at radius 2 is 2.26 bits per heavy atom. The third-order valence-corrected chi connectivity index (χ3v) is 3.48. The Morgan fingerprint density at radius 1 is 1.58 bits per heavy atom. The molecule has 0 radical (unpaired) electrons. The summed E-state index contributed by atoms with van der Waals surface area (Å²) in [5, 5.41) is 3.83. The maximum absolute atomic E-state index is 12.3. The fourth-order valence-corrected chi connectivity index (χ4v) is 2.54. The summed E-state index contributed by atoms with van der Waals surface area (Å²) >= 11 is 1.29. The van der Waals surface area contributed by atoms with Gasteiger partial charge in [0.1, 0.15) is 10.7 Å². The lowest BCUT2D eigenvalue weighted by molar-refractivity contribution is 0.0712. The molecule has 0 aliphatic rings. The molecule has 108 valence electrons. The zero-order valence-electron chi connectivity index (χ0n) is 11.9. The van der Waals surface area contributed by atoms with Crippen molar-refractivity contribution in [2.75, 3.05) is 37.9 Å². The highest BCUT2D eigenvalue weighted by Gasteiger charge is 2.21. The first-order chi connectivity index (χ1) is 8.99. The number of carbonyl (C=O) groups excluding carboxylic acids is 1. The molecule has 0 aliphatic carbocycles. The summed E-state index contributed by atoms with van der Waals surface area (Å²) in [6.07, 6.45) is 0. The number of hydrogen-bond donors (Lipinski definition) is 2. The van der Waals surface area contributed by atoms with Gasteiger partial charge in [-0.3, -0.25) is 4.79 Å². The van der Waals surface area contributed by atoms with Gasteiger partial charge in [-0.1, -0.05) is 11.3 Å². The molecule has 0 atom stereocenters. The molecule has 0 fully saturated rings. The van der Waals surface area contributed by atoms with E-state index in [1.807, 2.05) is 20.8 Å². The summed E-state index contributed by atoms with van der Waals surface area (Å²) in [5.41, 5.74) is 5.82. The van der Waals surface area contributed by atoms with Crippen molar-refractivity contribution in [3.63, 3.8) is 0 Å². The summed E-state index contributed by atoms with van der Waals surface area (Å²) in [6, 6.07) is 0.254. The minimum absolute atomic E-state index is 0.0913. The highest BCUT2D eigenvalue weighted by Crippen LogP contribution is 2.26. The average molecular weight is 286 g/mol. The van der Waals surface area contributed by atoms with E-state index in [1.54, 1.807) is 12.0 Å². The Bertz CT molecular complexity index is 420. The number of nitrogens with one attached hydrogen (secondary N) is 1. The van der Waals surface area contributed by atoms with E-state index in [0.29, 0.717) is 29.7 Å². The lowest BCUT2D eigenvalue weighted by Gasteiger charge is -2.19. The molecule has 1 aromatic heterocycles. The van der Waals surface area contributed by atoms with E-state index in [0.717, 1.165) is 0 Å². The van der Waals surface area contributed by atoms with Crippen LogP contribution in [0.25, 0.3) is 0 Å². The Morgan fingerprint density at radius 3 is 2.79 bits per heavy atom. The molecule has 1 aromatic rings. The van der Waals surface area contributed by atoms with Crippen molar-refractivity contribution in [3.05, 3.63) is 4.88 Å². The van der Waals surface area contributed by atoms with E-state index >= 15 is 0 Å². The molecule has 1 amide bonds. The minimum Gasteiger partial charge on any atom is -0.383 e. The standard InChI is InChI=1S/C12H22N4O2S/c1-5-16(6-7-18-4)11(17)9-10(13)15-12(19-9)14-8(2)3/h8H,5-7,13H2,1-4H3,(H,14,15). The number of aromatic nitrogens is 1. The van der Waals surface area contributed by atoms with Gasteiger partial charge < -0.3 is 20.7 Å². The largest absolute Gasteiger partial charge is 0.383 e. The Labute approximate surface area is 118 Å². The van der Waals surface area contributed by atoms with Crippen LogP contribution in [0.15, 0.2) is 0 Å². The van der Waals surface area contributed by atoms with Crippen LogP contribution in [0.3, 0.4) is 0 Å². The molecule has 19 heavy (non-hydrogen) atoms. The zero-order valence-corrected chi connectivity index (χ0v) is 12.7. The molecule has 0 aliphatic heterocycles. The van der Waals surface area contributed by atoms with Gasteiger partial charge in [0, 0.05) is 26.2 Å². The van der Waals surface area contributed by atoms with Crippen LogP contribution in [0, 0.1) is 0 Å². The van der Waals surface area contributed by atoms with E-state index in [-0.39, 0.29) is 17.8 Å². The number of amides is 1. The summed E-state index contributed by atoms with van der Waals surface area (Å²) in [5.74, 6) is 0.195. The van der Waals surface area contributed by atoms with Gasteiger partial charge in [-0.25, -0.2) is 4.98 Å². The second kappa shape index (κ2) is 7.30. The number of methoxy groups -OCH3 is 1. The van der Waals surface area contributed by atoms with Crippen LogP contribution in [-0.4, -0.2) is 48.6 Å². The summed E-state index contributed by atoms with van der Waals surface area (Å²) in [6.45, 7) is 7.63. The Hall–Kier alpha value is -1.34. The summed E-state index contributed by atoms with van der Waals surface area (Å²) in [4.78, 5) is 18.7. The average Bonchev–Trinajstić information content (AvgIpc) is 2.69. The molecule has 6 nitrogen and oxygen atoms in total. The molecule has 0 unspecified atom stereocenters. The number of likely N-dealkylation sites (N-methyl/N-ethyl adjacent to an activating group) is 1. The summed E-state index contributed by atoms with van der Waals surface area (Å²) in [7, 11) is 1.62. The maximum Gasteiger partial charge on any atom is 0.267 e. The van der Waals surface area contributed by atoms with Gasteiger partial charge in [0.2, 0.25) is 0 Å². The van der Waals surface area contributed by atoms with Crippen LogP contribution in [-0.2, 0) is 4.74 Å². The van der Waals surface area contributed by atoms with Gasteiger partial charge in [0.15, 0.2) is 5.13 Å².